The SMILES string of the molecule is CC(NC(C)C1CC2C=CC1C2)c1ccco1. The zero-order valence-corrected chi connectivity index (χ0v) is 10.6. The van der Waals surface area contributed by atoms with Gasteiger partial charge in [0.15, 0.2) is 0 Å². The molecule has 0 aromatic carbocycles. The van der Waals surface area contributed by atoms with E-state index in [2.05, 4.69) is 31.3 Å². The number of nitrogens with one attached hydrogen (secondary N) is 1. The molecule has 0 saturated heterocycles. The summed E-state index contributed by atoms with van der Waals surface area (Å²) in [5.74, 6) is 3.51. The summed E-state index contributed by atoms with van der Waals surface area (Å²) in [4.78, 5) is 0. The molecule has 1 aromatic rings. The highest BCUT2D eigenvalue weighted by Crippen LogP contribution is 2.45. The second kappa shape index (κ2) is 4.34. The first-order valence-electron chi connectivity index (χ1n) is 6.72. The van der Waals surface area contributed by atoms with Crippen molar-refractivity contribution in [3.05, 3.63) is 36.3 Å². The Hall–Kier alpha value is -1.02. The van der Waals surface area contributed by atoms with E-state index in [-0.39, 0.29) is 0 Å². The number of furan rings is 1. The summed E-state index contributed by atoms with van der Waals surface area (Å²) in [6, 6.07) is 4.88. The van der Waals surface area contributed by atoms with E-state index in [4.69, 9.17) is 4.42 Å². The third-order valence-corrected chi connectivity index (χ3v) is 4.46. The van der Waals surface area contributed by atoms with Gasteiger partial charge in [0, 0.05) is 6.04 Å². The lowest BCUT2D eigenvalue weighted by molar-refractivity contribution is 0.292. The largest absolute Gasteiger partial charge is 0.468 e. The third kappa shape index (κ3) is 2.06. The molecule has 2 nitrogen and oxygen atoms in total. The van der Waals surface area contributed by atoms with Crippen molar-refractivity contribution in [2.24, 2.45) is 17.8 Å². The van der Waals surface area contributed by atoms with Gasteiger partial charge in [-0.15, -0.1) is 0 Å². The van der Waals surface area contributed by atoms with Gasteiger partial charge in [-0.1, -0.05) is 12.2 Å². The van der Waals surface area contributed by atoms with Gasteiger partial charge in [-0.25, -0.2) is 0 Å². The number of rotatable bonds is 4. The van der Waals surface area contributed by atoms with Gasteiger partial charge < -0.3 is 9.73 Å². The summed E-state index contributed by atoms with van der Waals surface area (Å²) >= 11 is 0. The Labute approximate surface area is 103 Å². The van der Waals surface area contributed by atoms with E-state index in [9.17, 15) is 0 Å². The van der Waals surface area contributed by atoms with Crippen LogP contribution in [0.4, 0.5) is 0 Å². The van der Waals surface area contributed by atoms with E-state index in [0.717, 1.165) is 23.5 Å². The maximum Gasteiger partial charge on any atom is 0.120 e. The van der Waals surface area contributed by atoms with E-state index in [0.29, 0.717) is 12.1 Å². The predicted molar refractivity (Wildman–Crippen MR) is 68.6 cm³/mol. The third-order valence-electron chi connectivity index (χ3n) is 4.46. The van der Waals surface area contributed by atoms with Gasteiger partial charge in [0.25, 0.3) is 0 Å². The molecule has 1 fully saturated rings. The average molecular weight is 231 g/mol. The Morgan fingerprint density at radius 3 is 2.76 bits per heavy atom. The van der Waals surface area contributed by atoms with Crippen LogP contribution in [0, 0.1) is 17.8 Å². The monoisotopic (exact) mass is 231 g/mol. The van der Waals surface area contributed by atoms with E-state index < -0.39 is 0 Å². The lowest BCUT2D eigenvalue weighted by Gasteiger charge is -2.28. The van der Waals surface area contributed by atoms with Crippen LogP contribution in [-0.4, -0.2) is 6.04 Å². The highest BCUT2D eigenvalue weighted by molar-refractivity contribution is 5.12. The first-order valence-corrected chi connectivity index (χ1v) is 6.72. The van der Waals surface area contributed by atoms with Crippen molar-refractivity contribution in [1.82, 2.24) is 5.32 Å². The summed E-state index contributed by atoms with van der Waals surface area (Å²) in [5.41, 5.74) is 0. The second-order valence-electron chi connectivity index (χ2n) is 5.64. The van der Waals surface area contributed by atoms with Crippen LogP contribution in [0.15, 0.2) is 35.0 Å². The smallest absolute Gasteiger partial charge is 0.120 e. The molecule has 3 rings (SSSR count). The molecule has 1 N–H and O–H groups in total. The lowest BCUT2D eigenvalue weighted by atomic mass is 9.87. The molecule has 2 aliphatic rings. The first-order chi connectivity index (χ1) is 8.24. The first kappa shape index (κ1) is 11.1. The fourth-order valence-corrected chi connectivity index (χ4v) is 3.54. The van der Waals surface area contributed by atoms with Crippen molar-refractivity contribution in [1.29, 1.82) is 0 Å². The predicted octanol–water partition coefficient (Wildman–Crippen LogP) is 3.53. The maximum absolute atomic E-state index is 5.44. The summed E-state index contributed by atoms with van der Waals surface area (Å²) in [7, 11) is 0. The van der Waals surface area contributed by atoms with Gasteiger partial charge in [-0.2, -0.15) is 0 Å². The molecule has 2 bridgehead atoms. The van der Waals surface area contributed by atoms with Crippen molar-refractivity contribution < 1.29 is 4.42 Å². The van der Waals surface area contributed by atoms with Crippen molar-refractivity contribution >= 4 is 0 Å². The molecule has 0 radical (unpaired) electrons. The van der Waals surface area contributed by atoms with Crippen molar-refractivity contribution in [3.63, 3.8) is 0 Å². The van der Waals surface area contributed by atoms with Crippen LogP contribution in [-0.2, 0) is 0 Å². The van der Waals surface area contributed by atoms with Crippen LogP contribution in [0.2, 0.25) is 0 Å². The quantitative estimate of drug-likeness (QED) is 0.802. The molecule has 17 heavy (non-hydrogen) atoms. The number of fused-ring (bicyclic) bond motifs is 2. The van der Waals surface area contributed by atoms with Gasteiger partial charge in [-0.05, 0) is 56.6 Å². The Morgan fingerprint density at radius 2 is 2.18 bits per heavy atom. The minimum atomic E-state index is 0.308. The Bertz CT molecular complexity index is 395. The van der Waals surface area contributed by atoms with E-state index in [1.807, 2.05) is 12.1 Å². The van der Waals surface area contributed by atoms with Crippen LogP contribution in [0.5, 0.6) is 0 Å². The van der Waals surface area contributed by atoms with Crippen molar-refractivity contribution in [2.75, 3.05) is 0 Å². The van der Waals surface area contributed by atoms with Gasteiger partial charge in [0.1, 0.15) is 5.76 Å². The lowest BCUT2D eigenvalue weighted by Crippen LogP contribution is -2.37. The van der Waals surface area contributed by atoms with Crippen molar-refractivity contribution in [2.45, 2.75) is 38.8 Å². The molecular weight excluding hydrogens is 210 g/mol. The summed E-state index contributed by atoms with van der Waals surface area (Å²) in [6.07, 6.45) is 9.32. The minimum Gasteiger partial charge on any atom is -0.468 e. The fourth-order valence-electron chi connectivity index (χ4n) is 3.54. The molecule has 0 amide bonds. The average Bonchev–Trinajstić information content (AvgIpc) is 3.05. The highest BCUT2D eigenvalue weighted by atomic mass is 16.3. The number of allylic oxidation sites excluding steroid dienone is 2. The number of hydrogen-bond acceptors (Lipinski definition) is 2. The van der Waals surface area contributed by atoms with Crippen LogP contribution in [0.3, 0.4) is 0 Å². The van der Waals surface area contributed by atoms with Gasteiger partial charge >= 0.3 is 0 Å². The summed E-state index contributed by atoms with van der Waals surface area (Å²) < 4.78 is 5.44. The Morgan fingerprint density at radius 1 is 1.29 bits per heavy atom. The molecular formula is C15H21NO. The van der Waals surface area contributed by atoms with E-state index in [1.165, 1.54) is 12.8 Å². The molecule has 5 unspecified atom stereocenters. The standard InChI is InChI=1S/C15H21NO/c1-10(14-9-12-5-6-13(14)8-12)16-11(2)15-4-3-7-17-15/h3-7,10-14,16H,8-9H2,1-2H3. The molecule has 2 heteroatoms. The number of hydrogen-bond donors (Lipinski definition) is 1. The molecule has 0 spiro atoms. The summed E-state index contributed by atoms with van der Waals surface area (Å²) in [6.45, 7) is 4.50. The van der Waals surface area contributed by atoms with Crippen LogP contribution in [0.1, 0.15) is 38.5 Å². The van der Waals surface area contributed by atoms with Crippen molar-refractivity contribution in [3.8, 4) is 0 Å². The second-order valence-corrected chi connectivity index (χ2v) is 5.64. The normalized spacial score (nSPS) is 34.1. The fraction of sp³-hybridized carbons (Fsp3) is 0.600. The van der Waals surface area contributed by atoms with Crippen LogP contribution in [0.25, 0.3) is 0 Å². The summed E-state index contributed by atoms with van der Waals surface area (Å²) in [5, 5.41) is 3.68. The van der Waals surface area contributed by atoms with Gasteiger partial charge in [0.2, 0.25) is 0 Å². The maximum atomic E-state index is 5.44. The van der Waals surface area contributed by atoms with Gasteiger partial charge in [-0.3, -0.25) is 0 Å². The van der Waals surface area contributed by atoms with E-state index in [1.54, 1.807) is 6.26 Å². The van der Waals surface area contributed by atoms with E-state index >= 15 is 0 Å². The van der Waals surface area contributed by atoms with Gasteiger partial charge in [0.05, 0.1) is 12.3 Å². The molecule has 92 valence electrons. The molecule has 1 saturated carbocycles. The van der Waals surface area contributed by atoms with Crippen LogP contribution < -0.4 is 5.32 Å². The zero-order chi connectivity index (χ0) is 11.8. The molecule has 1 aromatic heterocycles. The molecule has 2 aliphatic carbocycles. The van der Waals surface area contributed by atoms with Crippen LogP contribution >= 0.6 is 0 Å². The molecule has 5 atom stereocenters. The molecule has 1 heterocycles. The minimum absolute atomic E-state index is 0.308. The Balaban J connectivity index is 1.60. The Kier molecular flexibility index (Phi) is 2.83. The highest BCUT2D eigenvalue weighted by Gasteiger charge is 2.38. The topological polar surface area (TPSA) is 25.2 Å². The molecule has 0 aliphatic heterocycles. The zero-order valence-electron chi connectivity index (χ0n) is 10.6.